The van der Waals surface area contributed by atoms with Crippen LogP contribution in [0.5, 0.6) is 0 Å². The SMILES string of the molecule is CC(C)(C)C1=C(O[Si](C)(C)C)CC=C1. The highest BCUT2D eigenvalue weighted by molar-refractivity contribution is 6.70. The van der Waals surface area contributed by atoms with Crippen molar-refractivity contribution in [2.75, 3.05) is 0 Å². The van der Waals surface area contributed by atoms with Gasteiger partial charge in [-0.2, -0.15) is 0 Å². The van der Waals surface area contributed by atoms with E-state index in [1.54, 1.807) is 0 Å². The molecule has 0 saturated carbocycles. The Morgan fingerprint density at radius 2 is 1.79 bits per heavy atom. The molecule has 0 N–H and O–H groups in total. The van der Waals surface area contributed by atoms with Crippen molar-refractivity contribution in [1.29, 1.82) is 0 Å². The second kappa shape index (κ2) is 3.57. The molecule has 1 aliphatic carbocycles. The predicted molar refractivity (Wildman–Crippen MR) is 64.7 cm³/mol. The molecule has 1 rings (SSSR count). The van der Waals surface area contributed by atoms with Crippen LogP contribution in [0.4, 0.5) is 0 Å². The third-order valence-corrected chi connectivity index (χ3v) is 2.98. The molecular formula is C12H22OSi. The molecule has 1 nitrogen and oxygen atoms in total. The lowest BCUT2D eigenvalue weighted by molar-refractivity contribution is 0.386. The molecule has 0 aromatic rings. The van der Waals surface area contributed by atoms with E-state index in [0.29, 0.717) is 0 Å². The quantitative estimate of drug-likeness (QED) is 0.624. The minimum absolute atomic E-state index is 0.210. The lowest BCUT2D eigenvalue weighted by atomic mass is 9.87. The number of rotatable bonds is 2. The van der Waals surface area contributed by atoms with Gasteiger partial charge >= 0.3 is 0 Å². The molecule has 0 amide bonds. The molecule has 0 aromatic carbocycles. The normalized spacial score (nSPS) is 17.9. The monoisotopic (exact) mass is 210 g/mol. The smallest absolute Gasteiger partial charge is 0.241 e. The summed E-state index contributed by atoms with van der Waals surface area (Å²) in [5.74, 6) is 1.21. The van der Waals surface area contributed by atoms with Gasteiger partial charge in [0.25, 0.3) is 0 Å². The Bertz CT molecular complexity index is 274. The number of hydrogen-bond donors (Lipinski definition) is 0. The minimum atomic E-state index is -1.44. The van der Waals surface area contributed by atoms with Crippen LogP contribution in [0.2, 0.25) is 19.6 Å². The van der Waals surface area contributed by atoms with Crippen molar-refractivity contribution in [2.45, 2.75) is 46.8 Å². The summed E-state index contributed by atoms with van der Waals surface area (Å²) in [5, 5.41) is 0. The second-order valence-electron chi connectivity index (χ2n) is 5.91. The first kappa shape index (κ1) is 11.6. The molecule has 0 fully saturated rings. The molecule has 1 aliphatic rings. The van der Waals surface area contributed by atoms with Gasteiger partial charge in [-0.1, -0.05) is 32.9 Å². The average Bonchev–Trinajstić information content (AvgIpc) is 2.29. The van der Waals surface area contributed by atoms with E-state index in [4.69, 9.17) is 4.43 Å². The van der Waals surface area contributed by atoms with Gasteiger partial charge in [0.2, 0.25) is 8.32 Å². The lowest BCUT2D eigenvalue weighted by Gasteiger charge is -2.26. The van der Waals surface area contributed by atoms with E-state index >= 15 is 0 Å². The van der Waals surface area contributed by atoms with Crippen LogP contribution >= 0.6 is 0 Å². The fourth-order valence-electron chi connectivity index (χ4n) is 1.62. The Kier molecular flexibility index (Phi) is 2.95. The van der Waals surface area contributed by atoms with Gasteiger partial charge < -0.3 is 4.43 Å². The molecule has 0 heterocycles. The van der Waals surface area contributed by atoms with Crippen LogP contribution in [0.3, 0.4) is 0 Å². The molecule has 0 radical (unpaired) electrons. The fourth-order valence-corrected chi connectivity index (χ4v) is 2.55. The van der Waals surface area contributed by atoms with Gasteiger partial charge in [0, 0.05) is 6.42 Å². The van der Waals surface area contributed by atoms with E-state index in [0.717, 1.165) is 6.42 Å². The Balaban J connectivity index is 2.88. The predicted octanol–water partition coefficient (Wildman–Crippen LogP) is 4.10. The van der Waals surface area contributed by atoms with Crippen LogP contribution in [0.1, 0.15) is 27.2 Å². The molecule has 0 aliphatic heterocycles. The standard InChI is InChI=1S/C12H22OSi/c1-12(2,3)10-8-7-9-11(10)13-14(4,5)6/h7-8H,9H2,1-6H3. The summed E-state index contributed by atoms with van der Waals surface area (Å²) in [4.78, 5) is 0. The molecule has 2 heteroatoms. The van der Waals surface area contributed by atoms with Crippen molar-refractivity contribution >= 4 is 8.32 Å². The summed E-state index contributed by atoms with van der Waals surface area (Å²) in [7, 11) is -1.44. The Labute approximate surface area is 89.0 Å². The van der Waals surface area contributed by atoms with Crippen molar-refractivity contribution in [2.24, 2.45) is 5.41 Å². The first-order valence-electron chi connectivity index (χ1n) is 5.29. The highest BCUT2D eigenvalue weighted by atomic mass is 28.4. The maximum Gasteiger partial charge on any atom is 0.241 e. The molecule has 0 unspecified atom stereocenters. The van der Waals surface area contributed by atoms with Gasteiger partial charge in [0.05, 0.1) is 5.76 Å². The zero-order chi connectivity index (χ0) is 11.0. The van der Waals surface area contributed by atoms with Gasteiger partial charge in [0.15, 0.2) is 0 Å². The maximum absolute atomic E-state index is 6.09. The van der Waals surface area contributed by atoms with Crippen LogP contribution in [0.25, 0.3) is 0 Å². The zero-order valence-electron chi connectivity index (χ0n) is 10.3. The summed E-state index contributed by atoms with van der Waals surface area (Å²) in [6.45, 7) is 13.4. The van der Waals surface area contributed by atoms with Crippen LogP contribution in [-0.2, 0) is 4.43 Å². The fraction of sp³-hybridized carbons (Fsp3) is 0.667. The average molecular weight is 210 g/mol. The van der Waals surface area contributed by atoms with Crippen LogP contribution in [0, 0.1) is 5.41 Å². The summed E-state index contributed by atoms with van der Waals surface area (Å²) in [6, 6.07) is 0. The molecule has 80 valence electrons. The van der Waals surface area contributed by atoms with E-state index in [9.17, 15) is 0 Å². The van der Waals surface area contributed by atoms with Gasteiger partial charge in [-0.25, -0.2) is 0 Å². The largest absolute Gasteiger partial charge is 0.547 e. The molecule has 0 aromatic heterocycles. The summed E-state index contributed by atoms with van der Waals surface area (Å²) in [5.41, 5.74) is 1.59. The highest BCUT2D eigenvalue weighted by Gasteiger charge is 2.26. The van der Waals surface area contributed by atoms with Crippen molar-refractivity contribution in [3.63, 3.8) is 0 Å². The van der Waals surface area contributed by atoms with Crippen LogP contribution < -0.4 is 0 Å². The summed E-state index contributed by atoms with van der Waals surface area (Å²) >= 11 is 0. The van der Waals surface area contributed by atoms with Crippen molar-refractivity contribution < 1.29 is 4.43 Å². The summed E-state index contributed by atoms with van der Waals surface area (Å²) in [6.07, 6.45) is 5.41. The third kappa shape index (κ3) is 3.02. The van der Waals surface area contributed by atoms with E-state index in [1.165, 1.54) is 11.3 Å². The van der Waals surface area contributed by atoms with Crippen LogP contribution in [0.15, 0.2) is 23.5 Å². The Morgan fingerprint density at radius 1 is 1.21 bits per heavy atom. The lowest BCUT2D eigenvalue weighted by Crippen LogP contribution is -2.26. The Morgan fingerprint density at radius 3 is 2.21 bits per heavy atom. The second-order valence-corrected chi connectivity index (χ2v) is 10.3. The maximum atomic E-state index is 6.09. The third-order valence-electron chi connectivity index (χ3n) is 2.13. The van der Waals surface area contributed by atoms with Gasteiger partial charge in [-0.15, -0.1) is 0 Å². The molecule has 0 saturated heterocycles. The van der Waals surface area contributed by atoms with Gasteiger partial charge in [0.1, 0.15) is 0 Å². The minimum Gasteiger partial charge on any atom is -0.547 e. The number of allylic oxidation sites excluding steroid dienone is 3. The molecule has 0 bridgehead atoms. The zero-order valence-corrected chi connectivity index (χ0v) is 11.3. The van der Waals surface area contributed by atoms with E-state index in [-0.39, 0.29) is 5.41 Å². The first-order valence-corrected chi connectivity index (χ1v) is 8.70. The van der Waals surface area contributed by atoms with Crippen molar-refractivity contribution in [3.8, 4) is 0 Å². The first-order chi connectivity index (χ1) is 6.20. The van der Waals surface area contributed by atoms with Crippen molar-refractivity contribution in [3.05, 3.63) is 23.5 Å². The van der Waals surface area contributed by atoms with E-state index < -0.39 is 8.32 Å². The van der Waals surface area contributed by atoms with E-state index in [1.807, 2.05) is 0 Å². The van der Waals surface area contributed by atoms with Gasteiger partial charge in [-0.3, -0.25) is 0 Å². The van der Waals surface area contributed by atoms with Gasteiger partial charge in [-0.05, 0) is 30.6 Å². The van der Waals surface area contributed by atoms with E-state index in [2.05, 4.69) is 52.6 Å². The van der Waals surface area contributed by atoms with Crippen molar-refractivity contribution in [1.82, 2.24) is 0 Å². The summed E-state index contributed by atoms with van der Waals surface area (Å²) < 4.78 is 6.09. The topological polar surface area (TPSA) is 9.23 Å². The Hall–Kier alpha value is -0.503. The van der Waals surface area contributed by atoms with Crippen LogP contribution in [-0.4, -0.2) is 8.32 Å². The molecular weight excluding hydrogens is 188 g/mol. The molecule has 0 atom stereocenters. The highest BCUT2D eigenvalue weighted by Crippen LogP contribution is 2.35. The number of hydrogen-bond acceptors (Lipinski definition) is 1. The molecule has 14 heavy (non-hydrogen) atoms. The molecule has 0 spiro atoms.